The van der Waals surface area contributed by atoms with Crippen molar-refractivity contribution in [2.75, 3.05) is 6.26 Å². The maximum Gasteiger partial charge on any atom is 0.247 e. The summed E-state index contributed by atoms with van der Waals surface area (Å²) < 4.78 is 24.8. The summed E-state index contributed by atoms with van der Waals surface area (Å²) in [5.74, 6) is 0. The number of aromatic nitrogens is 4. The van der Waals surface area contributed by atoms with E-state index in [2.05, 4.69) is 15.1 Å². The summed E-state index contributed by atoms with van der Waals surface area (Å²) in [7, 11) is -3.41. The van der Waals surface area contributed by atoms with Gasteiger partial charge in [-0.2, -0.15) is 5.10 Å². The average Bonchev–Trinajstić information content (AvgIpc) is 2.83. The third-order valence-corrected chi connectivity index (χ3v) is 3.55. The molecule has 2 aromatic rings. The minimum atomic E-state index is -3.41. The molecule has 0 N–H and O–H groups in total. The van der Waals surface area contributed by atoms with E-state index in [0.29, 0.717) is 5.69 Å². The SMILES string of the molecule is CC.Cc1nn(C(C)C)cc1-c1ccnc(S(C)(=O)=O)n1. The van der Waals surface area contributed by atoms with Crippen LogP contribution in [0.2, 0.25) is 0 Å². The third-order valence-electron chi connectivity index (χ3n) is 2.69. The van der Waals surface area contributed by atoms with Crippen LogP contribution in [-0.4, -0.2) is 34.4 Å². The van der Waals surface area contributed by atoms with Gasteiger partial charge in [-0.15, -0.1) is 0 Å². The summed E-state index contributed by atoms with van der Waals surface area (Å²) >= 11 is 0. The minimum Gasteiger partial charge on any atom is -0.269 e. The van der Waals surface area contributed by atoms with E-state index in [1.807, 2.05) is 45.5 Å². The normalized spacial score (nSPS) is 11.2. The Hall–Kier alpha value is -1.76. The first-order valence-electron chi connectivity index (χ1n) is 6.88. The zero-order valence-electron chi connectivity index (χ0n) is 13.3. The van der Waals surface area contributed by atoms with Crippen LogP contribution in [0, 0.1) is 6.92 Å². The highest BCUT2D eigenvalue weighted by Gasteiger charge is 2.15. The second-order valence-corrected chi connectivity index (χ2v) is 6.61. The summed E-state index contributed by atoms with van der Waals surface area (Å²) in [5.41, 5.74) is 2.20. The lowest BCUT2D eigenvalue weighted by molar-refractivity contribution is 0.529. The zero-order chi connectivity index (χ0) is 16.2. The molecule has 7 heteroatoms. The number of nitrogens with zero attached hydrogens (tertiary/aromatic N) is 4. The predicted molar refractivity (Wildman–Crippen MR) is 82.8 cm³/mol. The molecule has 0 aliphatic rings. The summed E-state index contributed by atoms with van der Waals surface area (Å²) in [6.45, 7) is 9.92. The quantitative estimate of drug-likeness (QED) is 0.814. The minimum absolute atomic E-state index is 0.165. The highest BCUT2D eigenvalue weighted by molar-refractivity contribution is 7.90. The molecule has 2 aromatic heterocycles. The highest BCUT2D eigenvalue weighted by Crippen LogP contribution is 2.22. The van der Waals surface area contributed by atoms with Gasteiger partial charge in [-0.1, -0.05) is 13.8 Å². The van der Waals surface area contributed by atoms with Crippen molar-refractivity contribution >= 4 is 9.84 Å². The number of aryl methyl sites for hydroxylation is 1. The van der Waals surface area contributed by atoms with Gasteiger partial charge in [0, 0.05) is 30.3 Å². The van der Waals surface area contributed by atoms with Crippen molar-refractivity contribution in [2.45, 2.75) is 45.8 Å². The fourth-order valence-corrected chi connectivity index (χ4v) is 2.18. The molecule has 0 atom stereocenters. The van der Waals surface area contributed by atoms with Crippen LogP contribution >= 0.6 is 0 Å². The molecule has 2 heterocycles. The molecule has 0 radical (unpaired) electrons. The first kappa shape index (κ1) is 17.3. The summed E-state index contributed by atoms with van der Waals surface area (Å²) in [4.78, 5) is 7.88. The van der Waals surface area contributed by atoms with Gasteiger partial charge in [-0.3, -0.25) is 4.68 Å². The Morgan fingerprint density at radius 3 is 2.33 bits per heavy atom. The van der Waals surface area contributed by atoms with E-state index in [0.717, 1.165) is 17.5 Å². The Morgan fingerprint density at radius 2 is 1.86 bits per heavy atom. The van der Waals surface area contributed by atoms with Gasteiger partial charge in [0.2, 0.25) is 15.0 Å². The van der Waals surface area contributed by atoms with E-state index in [-0.39, 0.29) is 11.2 Å². The van der Waals surface area contributed by atoms with Crippen molar-refractivity contribution in [1.29, 1.82) is 0 Å². The van der Waals surface area contributed by atoms with Crippen molar-refractivity contribution in [1.82, 2.24) is 19.7 Å². The van der Waals surface area contributed by atoms with Gasteiger partial charge >= 0.3 is 0 Å². The molecule has 0 aliphatic carbocycles. The predicted octanol–water partition coefficient (Wildman–Crippen LogP) is 2.66. The fraction of sp³-hybridized carbons (Fsp3) is 0.500. The van der Waals surface area contributed by atoms with Crippen LogP contribution in [0.25, 0.3) is 11.3 Å². The van der Waals surface area contributed by atoms with Crippen molar-refractivity contribution in [3.8, 4) is 11.3 Å². The van der Waals surface area contributed by atoms with E-state index >= 15 is 0 Å². The van der Waals surface area contributed by atoms with Crippen LogP contribution in [0.15, 0.2) is 23.6 Å². The molecule has 0 fully saturated rings. The van der Waals surface area contributed by atoms with Gasteiger partial charge in [0.25, 0.3) is 0 Å². The Labute approximate surface area is 126 Å². The molecule has 2 rings (SSSR count). The van der Waals surface area contributed by atoms with Gasteiger partial charge in [-0.25, -0.2) is 18.4 Å². The van der Waals surface area contributed by atoms with Gasteiger partial charge in [0.05, 0.1) is 11.4 Å². The van der Waals surface area contributed by atoms with E-state index in [1.165, 1.54) is 6.20 Å². The number of rotatable bonds is 3. The maximum absolute atomic E-state index is 11.5. The number of hydrogen-bond donors (Lipinski definition) is 0. The molecule has 21 heavy (non-hydrogen) atoms. The Balaban J connectivity index is 0.00000106. The molecule has 6 nitrogen and oxygen atoms in total. The van der Waals surface area contributed by atoms with Crippen molar-refractivity contribution < 1.29 is 8.42 Å². The van der Waals surface area contributed by atoms with Crippen LogP contribution in [0.4, 0.5) is 0 Å². The topological polar surface area (TPSA) is 77.7 Å². The number of hydrogen-bond acceptors (Lipinski definition) is 5. The Morgan fingerprint density at radius 1 is 1.24 bits per heavy atom. The average molecular weight is 310 g/mol. The van der Waals surface area contributed by atoms with E-state index in [1.54, 1.807) is 6.07 Å². The first-order chi connectivity index (χ1) is 9.79. The van der Waals surface area contributed by atoms with Crippen LogP contribution in [0.5, 0.6) is 0 Å². The summed E-state index contributed by atoms with van der Waals surface area (Å²) in [6, 6.07) is 1.92. The van der Waals surface area contributed by atoms with E-state index in [9.17, 15) is 8.42 Å². The molecule has 0 bridgehead atoms. The van der Waals surface area contributed by atoms with Crippen LogP contribution in [0.3, 0.4) is 0 Å². The largest absolute Gasteiger partial charge is 0.269 e. The Bertz CT molecular complexity index is 706. The van der Waals surface area contributed by atoms with Gasteiger partial charge in [-0.05, 0) is 26.8 Å². The first-order valence-corrected chi connectivity index (χ1v) is 8.77. The highest BCUT2D eigenvalue weighted by atomic mass is 32.2. The summed E-state index contributed by atoms with van der Waals surface area (Å²) in [5, 5.41) is 4.22. The van der Waals surface area contributed by atoms with Crippen LogP contribution in [0.1, 0.15) is 39.4 Å². The van der Waals surface area contributed by atoms with E-state index in [4.69, 9.17) is 0 Å². The Kier molecular flexibility index (Phi) is 5.60. The second kappa shape index (κ2) is 6.80. The molecule has 0 amide bonds. The summed E-state index contributed by atoms with van der Waals surface area (Å²) in [6.07, 6.45) is 4.41. The molecule has 0 unspecified atom stereocenters. The molecule has 0 spiro atoms. The molecule has 0 saturated heterocycles. The van der Waals surface area contributed by atoms with Crippen molar-refractivity contribution in [3.63, 3.8) is 0 Å². The zero-order valence-corrected chi connectivity index (χ0v) is 14.1. The second-order valence-electron chi connectivity index (χ2n) is 4.70. The molecule has 0 saturated carbocycles. The van der Waals surface area contributed by atoms with Crippen LogP contribution in [-0.2, 0) is 9.84 Å². The van der Waals surface area contributed by atoms with Crippen molar-refractivity contribution in [2.24, 2.45) is 0 Å². The van der Waals surface area contributed by atoms with E-state index < -0.39 is 9.84 Å². The lowest BCUT2D eigenvalue weighted by Crippen LogP contribution is -2.04. The molecular weight excluding hydrogens is 288 g/mol. The standard InChI is InChI=1S/C12H16N4O2S.C2H6/c1-8(2)16-7-10(9(3)15-16)11-5-6-13-12(14-11)19(4,17)18;1-2/h5-8H,1-4H3;1-2H3. The fourth-order valence-electron chi connectivity index (χ4n) is 1.67. The van der Waals surface area contributed by atoms with Gasteiger partial charge in [0.1, 0.15) is 0 Å². The number of sulfone groups is 1. The molecular formula is C14H22N4O2S. The monoisotopic (exact) mass is 310 g/mol. The van der Waals surface area contributed by atoms with Crippen molar-refractivity contribution in [3.05, 3.63) is 24.2 Å². The lowest BCUT2D eigenvalue weighted by atomic mass is 10.2. The molecule has 0 aliphatic heterocycles. The molecule has 116 valence electrons. The van der Waals surface area contributed by atoms with Gasteiger partial charge in [0.15, 0.2) is 0 Å². The maximum atomic E-state index is 11.5. The third kappa shape index (κ3) is 4.10. The molecule has 0 aromatic carbocycles. The smallest absolute Gasteiger partial charge is 0.247 e. The van der Waals surface area contributed by atoms with Crippen LogP contribution < -0.4 is 0 Å². The lowest BCUT2D eigenvalue weighted by Gasteiger charge is -2.03. The van der Waals surface area contributed by atoms with Gasteiger partial charge < -0.3 is 0 Å².